The van der Waals surface area contributed by atoms with Crippen LogP contribution in [0.25, 0.3) is 0 Å². The van der Waals surface area contributed by atoms with Crippen molar-refractivity contribution in [2.75, 3.05) is 6.54 Å². The molecular formula is C12H19NO2. The first kappa shape index (κ1) is 10.7. The average Bonchev–Trinajstić information content (AvgIpc) is 2.80. The van der Waals surface area contributed by atoms with Crippen LogP contribution in [0, 0.1) is 11.8 Å². The molecule has 3 N–H and O–H groups in total. The zero-order chi connectivity index (χ0) is 11.0. The summed E-state index contributed by atoms with van der Waals surface area (Å²) >= 11 is 0. The Hall–Kier alpha value is -0.800. The molecule has 0 bridgehead atoms. The van der Waals surface area contributed by atoms with Gasteiger partial charge in [0.15, 0.2) is 0 Å². The van der Waals surface area contributed by atoms with Gasteiger partial charge in [0.2, 0.25) is 0 Å². The van der Waals surface area contributed by atoms with Crippen molar-refractivity contribution in [3.8, 4) is 0 Å². The fourth-order valence-electron chi connectivity index (χ4n) is 1.85. The van der Waals surface area contributed by atoms with Crippen LogP contribution in [0.4, 0.5) is 0 Å². The van der Waals surface area contributed by atoms with E-state index in [0.29, 0.717) is 18.2 Å². The van der Waals surface area contributed by atoms with Gasteiger partial charge in [0, 0.05) is 11.8 Å². The summed E-state index contributed by atoms with van der Waals surface area (Å²) < 4.78 is 5.66. The van der Waals surface area contributed by atoms with Crippen molar-refractivity contribution in [2.24, 2.45) is 17.6 Å². The van der Waals surface area contributed by atoms with Crippen molar-refractivity contribution in [3.63, 3.8) is 0 Å². The molecule has 0 aromatic carbocycles. The summed E-state index contributed by atoms with van der Waals surface area (Å²) in [6, 6.07) is 3.85. The molecule has 3 nitrogen and oxygen atoms in total. The minimum Gasteiger partial charge on any atom is -0.463 e. The molecule has 1 aromatic heterocycles. The number of aliphatic hydroxyl groups excluding tert-OH is 1. The number of hydrogen-bond donors (Lipinski definition) is 2. The largest absolute Gasteiger partial charge is 0.463 e. The van der Waals surface area contributed by atoms with Gasteiger partial charge < -0.3 is 15.3 Å². The molecular weight excluding hydrogens is 190 g/mol. The lowest BCUT2D eigenvalue weighted by Crippen LogP contribution is -2.18. The SMILES string of the molecule is CC(CN)C(O)c1ccc(C2CC2C)o1. The van der Waals surface area contributed by atoms with E-state index >= 15 is 0 Å². The number of furan rings is 1. The van der Waals surface area contributed by atoms with Gasteiger partial charge >= 0.3 is 0 Å². The Morgan fingerprint density at radius 1 is 1.60 bits per heavy atom. The molecule has 0 spiro atoms. The Kier molecular flexibility index (Phi) is 2.85. The smallest absolute Gasteiger partial charge is 0.133 e. The van der Waals surface area contributed by atoms with Crippen LogP contribution < -0.4 is 5.73 Å². The number of rotatable bonds is 4. The van der Waals surface area contributed by atoms with Crippen LogP contribution in [-0.2, 0) is 0 Å². The number of aliphatic hydroxyl groups is 1. The molecule has 4 unspecified atom stereocenters. The highest BCUT2D eigenvalue weighted by Gasteiger charge is 2.37. The van der Waals surface area contributed by atoms with Gasteiger partial charge in [-0.1, -0.05) is 13.8 Å². The standard InChI is InChI=1S/C12H19NO2/c1-7-5-9(7)10-3-4-11(15-10)12(14)8(2)6-13/h3-4,7-9,12,14H,5-6,13H2,1-2H3. The second kappa shape index (κ2) is 3.99. The molecule has 1 aromatic rings. The summed E-state index contributed by atoms with van der Waals surface area (Å²) in [5.74, 6) is 3.01. The zero-order valence-electron chi connectivity index (χ0n) is 9.31. The van der Waals surface area contributed by atoms with Crippen LogP contribution in [0.5, 0.6) is 0 Å². The molecule has 0 aliphatic heterocycles. The molecule has 4 atom stereocenters. The van der Waals surface area contributed by atoms with Crippen LogP contribution in [-0.4, -0.2) is 11.7 Å². The van der Waals surface area contributed by atoms with Gasteiger partial charge in [-0.15, -0.1) is 0 Å². The second-order valence-corrected chi connectivity index (χ2v) is 4.72. The molecule has 15 heavy (non-hydrogen) atoms. The minimum atomic E-state index is -0.571. The van der Waals surface area contributed by atoms with E-state index in [9.17, 15) is 5.11 Å². The molecule has 1 aliphatic carbocycles. The highest BCUT2D eigenvalue weighted by molar-refractivity contribution is 5.18. The van der Waals surface area contributed by atoms with Gasteiger partial charge in [0.25, 0.3) is 0 Å². The van der Waals surface area contributed by atoms with Crippen molar-refractivity contribution in [2.45, 2.75) is 32.3 Å². The zero-order valence-corrected chi connectivity index (χ0v) is 9.31. The molecule has 1 fully saturated rings. The van der Waals surface area contributed by atoms with Crippen molar-refractivity contribution in [3.05, 3.63) is 23.7 Å². The summed E-state index contributed by atoms with van der Waals surface area (Å²) in [5, 5.41) is 9.90. The molecule has 1 heterocycles. The average molecular weight is 209 g/mol. The van der Waals surface area contributed by atoms with Crippen molar-refractivity contribution < 1.29 is 9.52 Å². The third-order valence-corrected chi connectivity index (χ3v) is 3.32. The van der Waals surface area contributed by atoms with Crippen molar-refractivity contribution >= 4 is 0 Å². The highest BCUT2D eigenvalue weighted by Crippen LogP contribution is 2.47. The maximum atomic E-state index is 9.90. The van der Waals surface area contributed by atoms with Crippen LogP contribution in [0.2, 0.25) is 0 Å². The monoisotopic (exact) mass is 209 g/mol. The molecule has 2 rings (SSSR count). The first-order valence-corrected chi connectivity index (χ1v) is 5.61. The van der Waals surface area contributed by atoms with Gasteiger partial charge in [-0.2, -0.15) is 0 Å². The third-order valence-electron chi connectivity index (χ3n) is 3.32. The fourth-order valence-corrected chi connectivity index (χ4v) is 1.85. The lowest BCUT2D eigenvalue weighted by atomic mass is 10.0. The topological polar surface area (TPSA) is 59.4 Å². The van der Waals surface area contributed by atoms with Gasteiger partial charge in [-0.25, -0.2) is 0 Å². The fraction of sp³-hybridized carbons (Fsp3) is 0.667. The third kappa shape index (κ3) is 2.08. The predicted molar refractivity (Wildman–Crippen MR) is 58.4 cm³/mol. The van der Waals surface area contributed by atoms with E-state index in [0.717, 1.165) is 11.7 Å². The van der Waals surface area contributed by atoms with E-state index in [-0.39, 0.29) is 5.92 Å². The maximum absolute atomic E-state index is 9.90. The van der Waals surface area contributed by atoms with Gasteiger partial charge in [-0.3, -0.25) is 0 Å². The lowest BCUT2D eigenvalue weighted by molar-refractivity contribution is 0.0964. The van der Waals surface area contributed by atoms with E-state index < -0.39 is 6.10 Å². The molecule has 0 radical (unpaired) electrons. The molecule has 3 heteroatoms. The summed E-state index contributed by atoms with van der Waals surface area (Å²) in [5.41, 5.74) is 5.51. The maximum Gasteiger partial charge on any atom is 0.133 e. The van der Waals surface area contributed by atoms with E-state index in [1.165, 1.54) is 6.42 Å². The Morgan fingerprint density at radius 3 is 2.80 bits per heavy atom. The predicted octanol–water partition coefficient (Wildman–Crippen LogP) is 2.03. The molecule has 0 saturated heterocycles. The van der Waals surface area contributed by atoms with Crippen LogP contribution in [0.3, 0.4) is 0 Å². The summed E-state index contributed by atoms with van der Waals surface area (Å²) in [6.45, 7) is 4.61. The van der Waals surface area contributed by atoms with Crippen LogP contribution in [0.1, 0.15) is 43.8 Å². The molecule has 1 saturated carbocycles. The molecule has 1 aliphatic rings. The minimum absolute atomic E-state index is 0.0422. The molecule has 84 valence electrons. The van der Waals surface area contributed by atoms with E-state index in [1.54, 1.807) is 0 Å². The van der Waals surface area contributed by atoms with Crippen LogP contribution in [0.15, 0.2) is 16.5 Å². The van der Waals surface area contributed by atoms with Crippen molar-refractivity contribution in [1.82, 2.24) is 0 Å². The number of nitrogens with two attached hydrogens (primary N) is 1. The first-order chi connectivity index (χ1) is 7.13. The summed E-state index contributed by atoms with van der Waals surface area (Å²) in [6.07, 6.45) is 0.632. The quantitative estimate of drug-likeness (QED) is 0.797. The Bertz CT molecular complexity index is 334. The van der Waals surface area contributed by atoms with E-state index in [2.05, 4.69) is 6.92 Å². The number of hydrogen-bond acceptors (Lipinski definition) is 3. The summed E-state index contributed by atoms with van der Waals surface area (Å²) in [4.78, 5) is 0. The van der Waals surface area contributed by atoms with Gasteiger partial charge in [0.1, 0.15) is 17.6 Å². The van der Waals surface area contributed by atoms with Gasteiger partial charge in [-0.05, 0) is 31.0 Å². The van der Waals surface area contributed by atoms with E-state index in [4.69, 9.17) is 10.2 Å². The Labute approximate surface area is 90.3 Å². The Morgan fingerprint density at radius 2 is 2.27 bits per heavy atom. The Balaban J connectivity index is 2.06. The second-order valence-electron chi connectivity index (χ2n) is 4.72. The van der Waals surface area contributed by atoms with Gasteiger partial charge in [0.05, 0.1) is 0 Å². The lowest BCUT2D eigenvalue weighted by Gasteiger charge is -2.14. The highest BCUT2D eigenvalue weighted by atomic mass is 16.4. The first-order valence-electron chi connectivity index (χ1n) is 5.61. The normalized spacial score (nSPS) is 28.8. The van der Waals surface area contributed by atoms with E-state index in [1.807, 2.05) is 19.1 Å². The van der Waals surface area contributed by atoms with Crippen molar-refractivity contribution in [1.29, 1.82) is 0 Å². The summed E-state index contributed by atoms with van der Waals surface area (Å²) in [7, 11) is 0. The van der Waals surface area contributed by atoms with Crippen LogP contribution >= 0.6 is 0 Å². The molecule has 0 amide bonds.